The van der Waals surface area contributed by atoms with E-state index in [4.69, 9.17) is 17.3 Å². The van der Waals surface area contributed by atoms with Crippen molar-refractivity contribution in [1.82, 2.24) is 4.98 Å². The maximum Gasteiger partial charge on any atom is 0.169 e. The van der Waals surface area contributed by atoms with E-state index in [1.54, 1.807) is 22.7 Å². The number of halogens is 1. The normalized spacial score (nSPS) is 21.0. The fraction of sp³-hybridized carbons (Fsp3) is 0.500. The molecule has 0 aromatic carbocycles. The molecule has 1 aromatic heterocycles. The molecule has 2 N–H and O–H groups in total. The highest BCUT2D eigenvalue weighted by Crippen LogP contribution is 2.30. The lowest BCUT2D eigenvalue weighted by Crippen LogP contribution is -2.47. The van der Waals surface area contributed by atoms with Crippen LogP contribution < -0.4 is 10.6 Å². The van der Waals surface area contributed by atoms with E-state index >= 15 is 0 Å². The van der Waals surface area contributed by atoms with Gasteiger partial charge < -0.3 is 10.6 Å². The Morgan fingerprint density at radius 1 is 1.61 bits per heavy atom. The van der Waals surface area contributed by atoms with E-state index in [0.29, 0.717) is 28.8 Å². The highest BCUT2D eigenvalue weighted by molar-refractivity contribution is 8.01. The summed E-state index contributed by atoms with van der Waals surface area (Å²) in [6.45, 7) is 0.612. The minimum Gasteiger partial charge on any atom is -0.396 e. The van der Waals surface area contributed by atoms with Crippen LogP contribution in [-0.4, -0.2) is 43.1 Å². The molecule has 8 heteroatoms. The highest BCUT2D eigenvalue weighted by Gasteiger charge is 2.32. The van der Waals surface area contributed by atoms with Crippen molar-refractivity contribution in [3.63, 3.8) is 0 Å². The summed E-state index contributed by atoms with van der Waals surface area (Å²) in [6, 6.07) is 1.59. The van der Waals surface area contributed by atoms with Crippen LogP contribution in [0.5, 0.6) is 0 Å². The van der Waals surface area contributed by atoms with Crippen molar-refractivity contribution in [2.45, 2.75) is 5.37 Å². The third-order valence-electron chi connectivity index (χ3n) is 2.71. The minimum atomic E-state index is -3.17. The standard InChI is InChI=1S/C10H14ClN3O2S2/c1-18(15,16)9-6-17-3-2-14(9)10-8(12)4-7(11)5-13-10/h4-5,9H,2-3,6,12H2,1H3. The monoisotopic (exact) mass is 307 g/mol. The van der Waals surface area contributed by atoms with Crippen LogP contribution in [0.4, 0.5) is 11.5 Å². The fourth-order valence-corrected chi connectivity index (χ4v) is 4.85. The molecular formula is C10H14ClN3O2S2. The fourth-order valence-electron chi connectivity index (χ4n) is 1.87. The zero-order chi connectivity index (χ0) is 13.3. The smallest absolute Gasteiger partial charge is 0.169 e. The number of anilines is 2. The van der Waals surface area contributed by atoms with Crippen LogP contribution in [0, 0.1) is 0 Å². The number of nitrogens with two attached hydrogens (primary N) is 1. The second kappa shape index (κ2) is 5.14. The summed E-state index contributed by atoms with van der Waals surface area (Å²) in [7, 11) is -3.17. The molecular weight excluding hydrogens is 294 g/mol. The van der Waals surface area contributed by atoms with Crippen molar-refractivity contribution in [3.8, 4) is 0 Å². The topological polar surface area (TPSA) is 76.3 Å². The van der Waals surface area contributed by atoms with Crippen LogP contribution in [0.25, 0.3) is 0 Å². The Hall–Kier alpha value is -0.660. The summed E-state index contributed by atoms with van der Waals surface area (Å²) in [5, 5.41) is -0.134. The van der Waals surface area contributed by atoms with Gasteiger partial charge in [-0.15, -0.1) is 0 Å². The van der Waals surface area contributed by atoms with Crippen LogP contribution in [0.15, 0.2) is 12.3 Å². The molecule has 5 nitrogen and oxygen atoms in total. The molecule has 1 aliphatic rings. The van der Waals surface area contributed by atoms with Crippen molar-refractivity contribution in [2.24, 2.45) is 0 Å². The number of sulfone groups is 1. The molecule has 1 saturated heterocycles. The van der Waals surface area contributed by atoms with E-state index in [9.17, 15) is 8.42 Å². The van der Waals surface area contributed by atoms with Crippen LogP contribution in [-0.2, 0) is 9.84 Å². The van der Waals surface area contributed by atoms with E-state index in [2.05, 4.69) is 4.98 Å². The van der Waals surface area contributed by atoms with Gasteiger partial charge in [0.1, 0.15) is 5.37 Å². The van der Waals surface area contributed by atoms with Gasteiger partial charge in [-0.25, -0.2) is 13.4 Å². The molecule has 18 heavy (non-hydrogen) atoms. The molecule has 100 valence electrons. The van der Waals surface area contributed by atoms with Crippen LogP contribution in [0.2, 0.25) is 5.02 Å². The molecule has 0 amide bonds. The first-order chi connectivity index (χ1) is 8.39. The predicted octanol–water partition coefficient (Wildman–Crippen LogP) is 1.24. The summed E-state index contributed by atoms with van der Waals surface area (Å²) >= 11 is 7.42. The zero-order valence-electron chi connectivity index (χ0n) is 9.84. The van der Waals surface area contributed by atoms with Crippen molar-refractivity contribution in [2.75, 3.05) is 34.9 Å². The van der Waals surface area contributed by atoms with Crippen LogP contribution >= 0.6 is 23.4 Å². The first-order valence-corrected chi connectivity index (χ1v) is 8.82. The maximum absolute atomic E-state index is 11.8. The van der Waals surface area contributed by atoms with Gasteiger partial charge in [-0.05, 0) is 6.07 Å². The number of hydrogen-bond acceptors (Lipinski definition) is 6. The lowest BCUT2D eigenvalue weighted by Gasteiger charge is -2.35. The van der Waals surface area contributed by atoms with Crippen molar-refractivity contribution in [3.05, 3.63) is 17.3 Å². The molecule has 0 saturated carbocycles. The Balaban J connectivity index is 2.40. The zero-order valence-corrected chi connectivity index (χ0v) is 12.2. The Bertz CT molecular complexity index is 550. The Kier molecular flexibility index (Phi) is 3.93. The van der Waals surface area contributed by atoms with Crippen LogP contribution in [0.3, 0.4) is 0 Å². The van der Waals surface area contributed by atoms with Gasteiger partial charge in [-0.3, -0.25) is 0 Å². The van der Waals surface area contributed by atoms with E-state index in [0.717, 1.165) is 5.75 Å². The third-order valence-corrected chi connectivity index (χ3v) is 5.56. The lowest BCUT2D eigenvalue weighted by atomic mass is 10.3. The Morgan fingerprint density at radius 2 is 2.33 bits per heavy atom. The molecule has 1 fully saturated rings. The van der Waals surface area contributed by atoms with Gasteiger partial charge in [-0.2, -0.15) is 11.8 Å². The van der Waals surface area contributed by atoms with Crippen molar-refractivity contribution >= 4 is 44.7 Å². The van der Waals surface area contributed by atoms with E-state index in [1.807, 2.05) is 0 Å². The second-order valence-electron chi connectivity index (χ2n) is 4.12. The van der Waals surface area contributed by atoms with E-state index in [-0.39, 0.29) is 0 Å². The van der Waals surface area contributed by atoms with Gasteiger partial charge in [0.15, 0.2) is 15.7 Å². The summed E-state index contributed by atoms with van der Waals surface area (Å²) in [5.41, 5.74) is 6.27. The molecule has 0 aliphatic carbocycles. The quantitative estimate of drug-likeness (QED) is 0.886. The minimum absolute atomic E-state index is 0.406. The Labute approximate surface area is 116 Å². The first-order valence-electron chi connectivity index (χ1n) is 5.34. The molecule has 1 atom stereocenters. The maximum atomic E-state index is 11.8. The second-order valence-corrected chi connectivity index (χ2v) is 7.91. The number of thioether (sulfide) groups is 1. The van der Waals surface area contributed by atoms with Crippen LogP contribution in [0.1, 0.15) is 0 Å². The van der Waals surface area contributed by atoms with Gasteiger partial charge in [-0.1, -0.05) is 11.6 Å². The first kappa shape index (κ1) is 13.8. The number of rotatable bonds is 2. The number of nitrogen functional groups attached to an aromatic ring is 1. The lowest BCUT2D eigenvalue weighted by molar-refractivity contribution is 0.584. The van der Waals surface area contributed by atoms with Gasteiger partial charge in [0.2, 0.25) is 0 Å². The average Bonchev–Trinajstić information content (AvgIpc) is 2.28. The third kappa shape index (κ3) is 2.84. The molecule has 1 unspecified atom stereocenters. The Morgan fingerprint density at radius 3 is 2.94 bits per heavy atom. The summed E-state index contributed by atoms with van der Waals surface area (Å²) < 4.78 is 23.6. The summed E-state index contributed by atoms with van der Waals surface area (Å²) in [5.74, 6) is 1.88. The molecule has 2 heterocycles. The van der Waals surface area contributed by atoms with Gasteiger partial charge in [0, 0.05) is 30.5 Å². The molecule has 0 radical (unpaired) electrons. The molecule has 0 spiro atoms. The number of nitrogens with zero attached hydrogens (tertiary/aromatic N) is 2. The molecule has 1 aliphatic heterocycles. The van der Waals surface area contributed by atoms with Crippen molar-refractivity contribution in [1.29, 1.82) is 0 Å². The SMILES string of the molecule is CS(=O)(=O)C1CSCCN1c1ncc(Cl)cc1N. The molecule has 1 aromatic rings. The van der Waals surface area contributed by atoms with Gasteiger partial charge in [0.05, 0.1) is 10.7 Å². The summed E-state index contributed by atoms with van der Waals surface area (Å²) in [4.78, 5) is 5.91. The number of aromatic nitrogens is 1. The summed E-state index contributed by atoms with van der Waals surface area (Å²) in [6.07, 6.45) is 2.72. The number of pyridine rings is 1. The molecule has 0 bridgehead atoms. The van der Waals surface area contributed by atoms with E-state index < -0.39 is 15.2 Å². The van der Waals surface area contributed by atoms with Gasteiger partial charge in [0.25, 0.3) is 0 Å². The molecule has 2 rings (SSSR count). The van der Waals surface area contributed by atoms with E-state index in [1.165, 1.54) is 12.5 Å². The van der Waals surface area contributed by atoms with Crippen molar-refractivity contribution < 1.29 is 8.42 Å². The largest absolute Gasteiger partial charge is 0.396 e. The highest BCUT2D eigenvalue weighted by atomic mass is 35.5. The number of hydrogen-bond donors (Lipinski definition) is 1. The average molecular weight is 308 g/mol. The van der Waals surface area contributed by atoms with Gasteiger partial charge >= 0.3 is 0 Å². The predicted molar refractivity (Wildman–Crippen MR) is 77.0 cm³/mol.